The van der Waals surface area contributed by atoms with Crippen LogP contribution in [0.5, 0.6) is 0 Å². The summed E-state index contributed by atoms with van der Waals surface area (Å²) in [6, 6.07) is 12.6. The summed E-state index contributed by atoms with van der Waals surface area (Å²) in [6.45, 7) is 5.33. The highest BCUT2D eigenvalue weighted by molar-refractivity contribution is 7.09. The molecule has 2 heterocycles. The molecule has 1 aliphatic rings. The molecule has 0 unspecified atom stereocenters. The minimum atomic E-state index is -1.19. The van der Waals surface area contributed by atoms with Crippen LogP contribution < -0.4 is 10.6 Å². The van der Waals surface area contributed by atoms with E-state index in [1.54, 1.807) is 49.4 Å². The van der Waals surface area contributed by atoms with Crippen molar-refractivity contribution in [2.75, 3.05) is 5.32 Å². The molecule has 9 heteroatoms. The normalized spacial score (nSPS) is 14.1. The van der Waals surface area contributed by atoms with Crippen LogP contribution in [0.15, 0.2) is 53.9 Å². The summed E-state index contributed by atoms with van der Waals surface area (Å²) in [5.41, 5.74) is 4.91. The molecule has 2 aromatic carbocycles. The van der Waals surface area contributed by atoms with E-state index in [4.69, 9.17) is 10.1 Å². The minimum Gasteiger partial charge on any atom is -0.478 e. The number of nitrogens with zero attached hydrogens (tertiary/aromatic N) is 2. The lowest BCUT2D eigenvalue weighted by Crippen LogP contribution is -2.52. The van der Waals surface area contributed by atoms with Gasteiger partial charge in [0.15, 0.2) is 0 Å². The molecule has 0 atom stereocenters. The number of hydrogen-bond acceptors (Lipinski definition) is 5. The molecule has 8 nitrogen and oxygen atoms in total. The van der Waals surface area contributed by atoms with E-state index in [0.29, 0.717) is 22.7 Å². The van der Waals surface area contributed by atoms with Gasteiger partial charge in [-0.3, -0.25) is 9.59 Å². The maximum atomic E-state index is 13.4. The summed E-state index contributed by atoms with van der Waals surface area (Å²) in [5, 5.41) is 18.8. The number of carbonyl (C=O) groups is 3. The molecule has 5 rings (SSSR count). The Kier molecular flexibility index (Phi) is 7.82. The second-order valence-corrected chi connectivity index (χ2v) is 12.2. The quantitative estimate of drug-likeness (QED) is 0.209. The van der Waals surface area contributed by atoms with Crippen molar-refractivity contribution in [1.29, 1.82) is 0 Å². The fraction of sp³-hybridized carbons (Fsp3) is 0.312. The number of aryl methyl sites for hydroxylation is 2. The number of carboxylic acid groups (broad SMARTS) is 1. The van der Waals surface area contributed by atoms with Crippen LogP contribution in [0, 0.1) is 6.92 Å². The zero-order chi connectivity index (χ0) is 29.3. The molecule has 0 spiro atoms. The SMILES string of the molecule is Cc1nc(-c2c(C3CCCC3)c3ccc(C(=O)NC(C)(C)C(=O)Nc4ccc(/C=C/C(=O)O)cc4)cc3n2C)cs1. The number of thiazole rings is 1. The van der Waals surface area contributed by atoms with Gasteiger partial charge in [-0.15, -0.1) is 11.3 Å². The van der Waals surface area contributed by atoms with E-state index in [0.717, 1.165) is 46.2 Å². The third kappa shape index (κ3) is 5.95. The summed E-state index contributed by atoms with van der Waals surface area (Å²) < 4.78 is 2.15. The largest absolute Gasteiger partial charge is 0.478 e. The predicted octanol–water partition coefficient (Wildman–Crippen LogP) is 6.51. The highest BCUT2D eigenvalue weighted by Crippen LogP contribution is 2.44. The van der Waals surface area contributed by atoms with Crippen LogP contribution >= 0.6 is 11.3 Å². The summed E-state index contributed by atoms with van der Waals surface area (Å²) in [6.07, 6.45) is 7.28. The van der Waals surface area contributed by atoms with Crippen molar-refractivity contribution < 1.29 is 19.5 Å². The van der Waals surface area contributed by atoms with Gasteiger partial charge in [-0.05, 0) is 81.0 Å². The second-order valence-electron chi connectivity index (χ2n) is 11.1. The van der Waals surface area contributed by atoms with Crippen molar-refractivity contribution in [3.05, 3.63) is 75.6 Å². The maximum Gasteiger partial charge on any atom is 0.328 e. The first-order valence-corrected chi connectivity index (χ1v) is 14.6. The zero-order valence-corrected chi connectivity index (χ0v) is 24.5. The van der Waals surface area contributed by atoms with E-state index in [2.05, 4.69) is 20.6 Å². The van der Waals surface area contributed by atoms with Crippen molar-refractivity contribution in [1.82, 2.24) is 14.9 Å². The fourth-order valence-electron chi connectivity index (χ4n) is 5.56. The maximum absolute atomic E-state index is 13.4. The lowest BCUT2D eigenvalue weighted by atomic mass is 9.93. The highest BCUT2D eigenvalue weighted by Gasteiger charge is 2.31. The lowest BCUT2D eigenvalue weighted by Gasteiger charge is -2.25. The van der Waals surface area contributed by atoms with Crippen molar-refractivity contribution in [3.8, 4) is 11.4 Å². The Labute approximate surface area is 243 Å². The van der Waals surface area contributed by atoms with Gasteiger partial charge in [0.05, 0.1) is 16.4 Å². The van der Waals surface area contributed by atoms with E-state index in [1.165, 1.54) is 24.5 Å². The Morgan fingerprint density at radius 3 is 2.44 bits per heavy atom. The summed E-state index contributed by atoms with van der Waals surface area (Å²) in [4.78, 5) is 42.0. The van der Waals surface area contributed by atoms with Crippen LogP contribution in [0.3, 0.4) is 0 Å². The molecule has 0 saturated heterocycles. The Morgan fingerprint density at radius 2 is 1.80 bits per heavy atom. The van der Waals surface area contributed by atoms with Crippen LogP contribution in [0.25, 0.3) is 28.4 Å². The van der Waals surface area contributed by atoms with Crippen LogP contribution in [-0.4, -0.2) is 38.0 Å². The van der Waals surface area contributed by atoms with Gasteiger partial charge in [0, 0.05) is 40.7 Å². The van der Waals surface area contributed by atoms with Crippen LogP contribution in [0.1, 0.15) is 71.9 Å². The molecule has 1 fully saturated rings. The number of carboxylic acids is 1. The van der Waals surface area contributed by atoms with Gasteiger partial charge in [0.1, 0.15) is 5.54 Å². The average molecular weight is 571 g/mol. The number of hydrogen-bond donors (Lipinski definition) is 3. The molecule has 4 aromatic rings. The van der Waals surface area contributed by atoms with Gasteiger partial charge < -0.3 is 20.3 Å². The number of aromatic nitrogens is 2. The third-order valence-corrected chi connectivity index (χ3v) is 8.48. The van der Waals surface area contributed by atoms with Crippen LogP contribution in [0.2, 0.25) is 0 Å². The topological polar surface area (TPSA) is 113 Å². The fourth-order valence-corrected chi connectivity index (χ4v) is 6.16. The van der Waals surface area contributed by atoms with E-state index < -0.39 is 11.5 Å². The number of fused-ring (bicyclic) bond motifs is 1. The van der Waals surface area contributed by atoms with E-state index in [1.807, 2.05) is 32.2 Å². The molecule has 1 saturated carbocycles. The monoisotopic (exact) mass is 570 g/mol. The number of aliphatic carboxylic acids is 1. The Balaban J connectivity index is 1.37. The second kappa shape index (κ2) is 11.3. The van der Waals surface area contributed by atoms with Gasteiger partial charge in [-0.1, -0.05) is 31.0 Å². The molecule has 1 aliphatic carbocycles. The average Bonchev–Trinajstić information content (AvgIpc) is 3.67. The summed E-state index contributed by atoms with van der Waals surface area (Å²) in [7, 11) is 2.03. The van der Waals surface area contributed by atoms with Crippen molar-refractivity contribution >= 4 is 51.8 Å². The number of anilines is 1. The smallest absolute Gasteiger partial charge is 0.328 e. The van der Waals surface area contributed by atoms with Crippen LogP contribution in [0.4, 0.5) is 5.69 Å². The van der Waals surface area contributed by atoms with E-state index in [9.17, 15) is 14.4 Å². The standard InChI is InChI=1S/C32H34N4O4S/c1-19-33-25(18-41-19)29-28(21-7-5-6-8-21)24-15-12-22(17-26(24)36(29)4)30(39)35-32(2,3)31(40)34-23-13-9-20(10-14-23)11-16-27(37)38/h9-18,21H,5-8H2,1-4H3,(H,34,40)(H,35,39)(H,37,38)/b16-11+. The van der Waals surface area contributed by atoms with E-state index >= 15 is 0 Å². The molecule has 0 bridgehead atoms. The molecule has 2 amide bonds. The lowest BCUT2D eigenvalue weighted by molar-refractivity contribution is -0.131. The molecule has 0 aliphatic heterocycles. The molecular weight excluding hydrogens is 536 g/mol. The summed E-state index contributed by atoms with van der Waals surface area (Å²) >= 11 is 1.64. The van der Waals surface area contributed by atoms with Crippen molar-refractivity contribution in [2.24, 2.45) is 7.05 Å². The number of rotatable bonds is 8. The molecule has 212 valence electrons. The Hall–Kier alpha value is -4.24. The minimum absolute atomic E-state index is 0.337. The first kappa shape index (κ1) is 28.3. The highest BCUT2D eigenvalue weighted by atomic mass is 32.1. The van der Waals surface area contributed by atoms with Gasteiger partial charge in [0.25, 0.3) is 5.91 Å². The number of carbonyl (C=O) groups excluding carboxylic acids is 2. The molecular formula is C32H34N4O4S. The zero-order valence-electron chi connectivity index (χ0n) is 23.7. The third-order valence-electron chi connectivity index (χ3n) is 7.71. The van der Waals surface area contributed by atoms with Gasteiger partial charge in [0.2, 0.25) is 5.91 Å². The van der Waals surface area contributed by atoms with E-state index in [-0.39, 0.29) is 11.8 Å². The summed E-state index contributed by atoms with van der Waals surface area (Å²) in [5.74, 6) is -1.27. The first-order valence-electron chi connectivity index (χ1n) is 13.7. The van der Waals surface area contributed by atoms with Crippen molar-refractivity contribution in [3.63, 3.8) is 0 Å². The molecule has 2 aromatic heterocycles. The molecule has 41 heavy (non-hydrogen) atoms. The van der Waals surface area contributed by atoms with Crippen molar-refractivity contribution in [2.45, 2.75) is 57.9 Å². The first-order chi connectivity index (χ1) is 19.5. The molecule has 0 radical (unpaired) electrons. The van der Waals surface area contributed by atoms with Gasteiger partial charge in [-0.25, -0.2) is 9.78 Å². The molecule has 3 N–H and O–H groups in total. The number of amides is 2. The van der Waals surface area contributed by atoms with Crippen LogP contribution in [-0.2, 0) is 16.6 Å². The predicted molar refractivity (Wildman–Crippen MR) is 163 cm³/mol. The number of nitrogens with one attached hydrogen (secondary N) is 2. The Bertz CT molecular complexity index is 1660. The van der Waals surface area contributed by atoms with Gasteiger partial charge >= 0.3 is 5.97 Å². The van der Waals surface area contributed by atoms with Gasteiger partial charge in [-0.2, -0.15) is 0 Å². The number of benzene rings is 2. The Morgan fingerprint density at radius 1 is 1.10 bits per heavy atom.